The van der Waals surface area contributed by atoms with Crippen LogP contribution in [0.1, 0.15) is 43.2 Å². The van der Waals surface area contributed by atoms with Gasteiger partial charge in [0.2, 0.25) is 5.78 Å². The highest BCUT2D eigenvalue weighted by Gasteiger charge is 2.20. The van der Waals surface area contributed by atoms with Gasteiger partial charge in [-0.1, -0.05) is 6.07 Å². The van der Waals surface area contributed by atoms with Crippen LogP contribution in [0.2, 0.25) is 0 Å². The van der Waals surface area contributed by atoms with E-state index in [0.717, 1.165) is 28.7 Å². The summed E-state index contributed by atoms with van der Waals surface area (Å²) in [5.41, 5.74) is 5.18. The molecule has 0 saturated carbocycles. The van der Waals surface area contributed by atoms with E-state index in [1.165, 1.54) is 24.8 Å². The lowest BCUT2D eigenvalue weighted by molar-refractivity contribution is 0.0470. The van der Waals surface area contributed by atoms with Crippen LogP contribution in [0.25, 0.3) is 5.69 Å². The lowest BCUT2D eigenvalue weighted by atomic mass is 10.1. The summed E-state index contributed by atoms with van der Waals surface area (Å²) in [5.74, 6) is -1.72. The fourth-order valence-electron chi connectivity index (χ4n) is 3.38. The second-order valence-electron chi connectivity index (χ2n) is 7.23. The van der Waals surface area contributed by atoms with Gasteiger partial charge in [-0.15, -0.1) is 0 Å². The van der Waals surface area contributed by atoms with E-state index in [9.17, 15) is 14.0 Å². The Morgan fingerprint density at radius 3 is 2.30 bits per heavy atom. The third-order valence-corrected chi connectivity index (χ3v) is 5.21. The third kappa shape index (κ3) is 4.13. The first-order chi connectivity index (χ1) is 14.2. The van der Waals surface area contributed by atoms with Crippen LogP contribution in [0.15, 0.2) is 42.5 Å². The second-order valence-corrected chi connectivity index (χ2v) is 7.23. The molecule has 0 aliphatic rings. The minimum absolute atomic E-state index is 0.246. The van der Waals surface area contributed by atoms with Crippen molar-refractivity contribution in [3.05, 3.63) is 81.9 Å². The molecule has 5 nitrogen and oxygen atoms in total. The Kier molecular flexibility index (Phi) is 6.06. The van der Waals surface area contributed by atoms with Crippen LogP contribution in [-0.4, -0.2) is 30.0 Å². The van der Waals surface area contributed by atoms with Crippen LogP contribution in [-0.2, 0) is 4.74 Å². The number of ketones is 1. The van der Waals surface area contributed by atoms with Gasteiger partial charge in [-0.2, -0.15) is 0 Å². The maximum absolute atomic E-state index is 14.0. The molecule has 6 heteroatoms. The highest BCUT2D eigenvalue weighted by Crippen LogP contribution is 2.23. The zero-order chi connectivity index (χ0) is 22.0. The van der Waals surface area contributed by atoms with Gasteiger partial charge in [-0.25, -0.2) is 9.18 Å². The Morgan fingerprint density at radius 1 is 0.933 bits per heavy atom. The van der Waals surface area contributed by atoms with Gasteiger partial charge in [0.15, 0.2) is 6.61 Å². The lowest BCUT2D eigenvalue weighted by Crippen LogP contribution is -2.16. The van der Waals surface area contributed by atoms with Gasteiger partial charge in [-0.05, 0) is 69.2 Å². The first-order valence-corrected chi connectivity index (χ1v) is 9.53. The van der Waals surface area contributed by atoms with Crippen molar-refractivity contribution in [3.8, 4) is 11.4 Å². The molecule has 0 fully saturated rings. The minimum atomic E-state index is -0.897. The fraction of sp³-hybridized carbons (Fsp3) is 0.250. The number of esters is 1. The average molecular weight is 409 g/mol. The summed E-state index contributed by atoms with van der Waals surface area (Å²) in [6.07, 6.45) is 0. The number of carbonyl (C=O) groups excluding carboxylic acids is 2. The molecule has 2 aromatic carbocycles. The molecule has 0 amide bonds. The van der Waals surface area contributed by atoms with Crippen LogP contribution < -0.4 is 4.74 Å². The number of nitrogens with zero attached hydrogens (tertiary/aromatic N) is 1. The number of carbonyl (C=O) groups is 2. The van der Waals surface area contributed by atoms with Crippen molar-refractivity contribution < 1.29 is 23.5 Å². The molecule has 30 heavy (non-hydrogen) atoms. The number of ether oxygens (including phenoxy) is 2. The molecule has 0 N–H and O–H groups in total. The Balaban J connectivity index is 1.78. The van der Waals surface area contributed by atoms with Gasteiger partial charge < -0.3 is 14.0 Å². The SMILES string of the molecule is COc1ccc(C(=O)OCC(=O)c2cc(C)n(-c3ccc(C)c(C)c3)c2C)c(F)c1. The Morgan fingerprint density at radius 2 is 1.67 bits per heavy atom. The quantitative estimate of drug-likeness (QED) is 0.429. The van der Waals surface area contributed by atoms with Crippen LogP contribution >= 0.6 is 0 Å². The predicted octanol–water partition coefficient (Wildman–Crippen LogP) is 4.90. The summed E-state index contributed by atoms with van der Waals surface area (Å²) in [5, 5.41) is 0. The van der Waals surface area contributed by atoms with Gasteiger partial charge in [0.05, 0.1) is 12.7 Å². The van der Waals surface area contributed by atoms with E-state index in [4.69, 9.17) is 9.47 Å². The molecule has 0 unspecified atom stereocenters. The second kappa shape index (κ2) is 8.53. The van der Waals surface area contributed by atoms with Crippen LogP contribution in [0.4, 0.5) is 4.39 Å². The van der Waals surface area contributed by atoms with E-state index in [1.54, 1.807) is 6.07 Å². The molecule has 0 atom stereocenters. The molecule has 0 aliphatic heterocycles. The first-order valence-electron chi connectivity index (χ1n) is 9.53. The van der Waals surface area contributed by atoms with Crippen molar-refractivity contribution in [2.75, 3.05) is 13.7 Å². The Hall–Kier alpha value is -3.41. The van der Waals surface area contributed by atoms with Crippen molar-refractivity contribution in [1.82, 2.24) is 4.57 Å². The Bertz CT molecular complexity index is 1130. The van der Waals surface area contributed by atoms with E-state index >= 15 is 0 Å². The van der Waals surface area contributed by atoms with Gasteiger partial charge in [0.1, 0.15) is 11.6 Å². The number of halogens is 1. The van der Waals surface area contributed by atoms with E-state index in [-0.39, 0.29) is 11.3 Å². The summed E-state index contributed by atoms with van der Waals surface area (Å²) in [4.78, 5) is 24.9. The van der Waals surface area contributed by atoms with Crippen LogP contribution in [0, 0.1) is 33.5 Å². The lowest BCUT2D eigenvalue weighted by Gasteiger charge is -2.12. The standard InChI is InChI=1S/C24H24FNO4/c1-14-6-7-18(10-15(14)2)26-16(3)11-21(17(26)4)23(27)13-30-24(28)20-9-8-19(29-5)12-22(20)25/h6-12H,13H2,1-5H3. The van der Waals surface area contributed by atoms with Crippen molar-refractivity contribution in [2.24, 2.45) is 0 Å². The molecule has 1 heterocycles. The highest BCUT2D eigenvalue weighted by atomic mass is 19.1. The number of Topliss-reactive ketones (excluding diaryl/α,β-unsaturated/α-hetero) is 1. The number of hydrogen-bond donors (Lipinski definition) is 0. The summed E-state index contributed by atoms with van der Waals surface area (Å²) in [7, 11) is 1.40. The molecule has 3 aromatic rings. The van der Waals surface area contributed by atoms with Gasteiger partial charge in [0.25, 0.3) is 0 Å². The van der Waals surface area contributed by atoms with Gasteiger partial charge in [-0.3, -0.25) is 4.79 Å². The topological polar surface area (TPSA) is 57.5 Å². The molecule has 0 spiro atoms. The van der Waals surface area contributed by atoms with Crippen LogP contribution in [0.5, 0.6) is 5.75 Å². The van der Waals surface area contributed by atoms with Gasteiger partial charge in [0, 0.05) is 28.7 Å². The zero-order valence-corrected chi connectivity index (χ0v) is 17.7. The summed E-state index contributed by atoms with van der Waals surface area (Å²) in [6.45, 7) is 7.37. The fourth-order valence-corrected chi connectivity index (χ4v) is 3.38. The zero-order valence-electron chi connectivity index (χ0n) is 17.7. The molecule has 3 rings (SSSR count). The maximum Gasteiger partial charge on any atom is 0.341 e. The van der Waals surface area contributed by atoms with E-state index in [2.05, 4.69) is 6.07 Å². The van der Waals surface area contributed by atoms with Crippen molar-refractivity contribution >= 4 is 11.8 Å². The third-order valence-electron chi connectivity index (χ3n) is 5.21. The monoisotopic (exact) mass is 409 g/mol. The molecule has 0 aliphatic carbocycles. The molecule has 156 valence electrons. The molecular weight excluding hydrogens is 385 g/mol. The number of hydrogen-bond acceptors (Lipinski definition) is 4. The molecule has 1 aromatic heterocycles. The van der Waals surface area contributed by atoms with E-state index in [0.29, 0.717) is 11.3 Å². The number of rotatable bonds is 6. The Labute approximate surface area is 175 Å². The van der Waals surface area contributed by atoms with Gasteiger partial charge >= 0.3 is 5.97 Å². The summed E-state index contributed by atoms with van der Waals surface area (Å²) >= 11 is 0. The maximum atomic E-state index is 14.0. The number of aromatic nitrogens is 1. The number of aryl methyl sites for hydroxylation is 3. The normalized spacial score (nSPS) is 10.7. The number of methoxy groups -OCH3 is 1. The smallest absolute Gasteiger partial charge is 0.341 e. The van der Waals surface area contributed by atoms with Crippen molar-refractivity contribution in [3.63, 3.8) is 0 Å². The molecule has 0 radical (unpaired) electrons. The van der Waals surface area contributed by atoms with Crippen molar-refractivity contribution in [2.45, 2.75) is 27.7 Å². The van der Waals surface area contributed by atoms with E-state index in [1.807, 2.05) is 44.4 Å². The highest BCUT2D eigenvalue weighted by molar-refractivity contribution is 6.00. The minimum Gasteiger partial charge on any atom is -0.497 e. The van der Waals surface area contributed by atoms with E-state index < -0.39 is 18.4 Å². The largest absolute Gasteiger partial charge is 0.497 e. The number of benzene rings is 2. The molecular formula is C24H24FNO4. The predicted molar refractivity (Wildman–Crippen MR) is 112 cm³/mol. The molecule has 0 bridgehead atoms. The molecule has 0 saturated heterocycles. The summed E-state index contributed by atoms with van der Waals surface area (Å²) in [6, 6.07) is 11.7. The first kappa shape index (κ1) is 21.3. The van der Waals surface area contributed by atoms with Crippen LogP contribution in [0.3, 0.4) is 0 Å². The average Bonchev–Trinajstić information content (AvgIpc) is 3.02. The van der Waals surface area contributed by atoms with Crippen molar-refractivity contribution in [1.29, 1.82) is 0 Å². The summed E-state index contributed by atoms with van der Waals surface area (Å²) < 4.78 is 26.0.